The predicted molar refractivity (Wildman–Crippen MR) is 84.7 cm³/mol. The van der Waals surface area contributed by atoms with Gasteiger partial charge in [-0.25, -0.2) is 0 Å². The predicted octanol–water partition coefficient (Wildman–Crippen LogP) is 3.07. The summed E-state index contributed by atoms with van der Waals surface area (Å²) in [6.45, 7) is 2.24. The topological polar surface area (TPSA) is 32.3 Å². The van der Waals surface area contributed by atoms with Crippen molar-refractivity contribution in [3.05, 3.63) is 35.9 Å². The van der Waals surface area contributed by atoms with Gasteiger partial charge < -0.3 is 10.2 Å². The lowest BCUT2D eigenvalue weighted by Gasteiger charge is -2.12. The second kappa shape index (κ2) is 6.60. The molecule has 20 heavy (non-hydrogen) atoms. The molecule has 0 heterocycles. The van der Waals surface area contributed by atoms with E-state index < -0.39 is 0 Å². The number of benzene rings is 1. The molecule has 0 bridgehead atoms. The fourth-order valence-corrected chi connectivity index (χ4v) is 2.64. The summed E-state index contributed by atoms with van der Waals surface area (Å²) >= 11 is 0. The van der Waals surface area contributed by atoms with Gasteiger partial charge in [-0.1, -0.05) is 19.1 Å². The molecule has 1 N–H and O–H groups in total. The summed E-state index contributed by atoms with van der Waals surface area (Å²) < 4.78 is 0. The Morgan fingerprint density at radius 3 is 2.50 bits per heavy atom. The molecule has 0 spiro atoms. The standard InChI is InChI=1S/C17H24N2O/c1-13-4-8-15(12-13)18-17(20)11-7-14-5-9-16(10-6-14)19(2)3/h5-7,9-11,13,15H,4,8,12H2,1-3H3,(H,18,20)/b11-7+. The van der Waals surface area contributed by atoms with Gasteiger partial charge in [0.05, 0.1) is 0 Å². The average molecular weight is 272 g/mol. The van der Waals surface area contributed by atoms with E-state index in [2.05, 4.69) is 29.3 Å². The lowest BCUT2D eigenvalue weighted by atomic mass is 10.1. The second-order valence-corrected chi connectivity index (χ2v) is 5.94. The molecule has 2 unspecified atom stereocenters. The maximum atomic E-state index is 11.8. The third kappa shape index (κ3) is 4.12. The van der Waals surface area contributed by atoms with Gasteiger partial charge in [0.2, 0.25) is 5.91 Å². The van der Waals surface area contributed by atoms with Crippen molar-refractivity contribution in [3.8, 4) is 0 Å². The number of hydrogen-bond donors (Lipinski definition) is 1. The summed E-state index contributed by atoms with van der Waals surface area (Å²) in [5.41, 5.74) is 2.21. The molecule has 3 heteroatoms. The van der Waals surface area contributed by atoms with Crippen LogP contribution in [0.15, 0.2) is 30.3 Å². The lowest BCUT2D eigenvalue weighted by Crippen LogP contribution is -2.31. The van der Waals surface area contributed by atoms with Crippen LogP contribution in [0.25, 0.3) is 6.08 Å². The Labute approximate surface area is 121 Å². The van der Waals surface area contributed by atoms with Gasteiger partial charge in [0, 0.05) is 31.9 Å². The number of carbonyl (C=O) groups excluding carboxylic acids is 1. The Balaban J connectivity index is 1.87. The summed E-state index contributed by atoms with van der Waals surface area (Å²) in [4.78, 5) is 13.9. The number of carbonyl (C=O) groups is 1. The molecule has 2 atom stereocenters. The first-order valence-electron chi connectivity index (χ1n) is 7.30. The molecule has 0 aromatic heterocycles. The number of hydrogen-bond acceptors (Lipinski definition) is 2. The quantitative estimate of drug-likeness (QED) is 0.854. The van der Waals surface area contributed by atoms with Gasteiger partial charge in [-0.2, -0.15) is 0 Å². The van der Waals surface area contributed by atoms with Crippen LogP contribution in [0.5, 0.6) is 0 Å². The minimum atomic E-state index is 0.0146. The van der Waals surface area contributed by atoms with Crippen molar-refractivity contribution in [1.82, 2.24) is 5.32 Å². The Morgan fingerprint density at radius 2 is 1.95 bits per heavy atom. The van der Waals surface area contributed by atoms with E-state index in [1.165, 1.54) is 6.42 Å². The van der Waals surface area contributed by atoms with Crippen LogP contribution in [0.2, 0.25) is 0 Å². The van der Waals surface area contributed by atoms with Crippen LogP contribution < -0.4 is 10.2 Å². The molecule has 0 radical (unpaired) electrons. The normalized spacial score (nSPS) is 22.1. The molecule has 1 saturated carbocycles. The number of rotatable bonds is 4. The van der Waals surface area contributed by atoms with Crippen molar-refractivity contribution in [3.63, 3.8) is 0 Å². The van der Waals surface area contributed by atoms with E-state index in [-0.39, 0.29) is 5.91 Å². The lowest BCUT2D eigenvalue weighted by molar-refractivity contribution is -0.117. The molecule has 1 aliphatic rings. The fraction of sp³-hybridized carbons (Fsp3) is 0.471. The number of anilines is 1. The second-order valence-electron chi connectivity index (χ2n) is 5.94. The molecule has 1 aromatic carbocycles. The summed E-state index contributed by atoms with van der Waals surface area (Å²) in [5.74, 6) is 0.753. The van der Waals surface area contributed by atoms with Gasteiger partial charge in [0.25, 0.3) is 0 Å². The largest absolute Gasteiger partial charge is 0.378 e. The van der Waals surface area contributed by atoms with Crippen LogP contribution in [0.3, 0.4) is 0 Å². The molecule has 108 valence electrons. The van der Waals surface area contributed by atoms with Crippen molar-refractivity contribution in [2.75, 3.05) is 19.0 Å². The van der Waals surface area contributed by atoms with Crippen LogP contribution in [0.1, 0.15) is 31.7 Å². The smallest absolute Gasteiger partial charge is 0.244 e. The molecule has 1 aromatic rings. The highest BCUT2D eigenvalue weighted by atomic mass is 16.1. The number of amides is 1. The van der Waals surface area contributed by atoms with Crippen molar-refractivity contribution in [1.29, 1.82) is 0 Å². The number of nitrogens with zero attached hydrogens (tertiary/aromatic N) is 1. The zero-order chi connectivity index (χ0) is 14.5. The van der Waals surface area contributed by atoms with E-state index in [9.17, 15) is 4.79 Å². The summed E-state index contributed by atoms with van der Waals surface area (Å²) in [6, 6.07) is 8.51. The molecular formula is C17H24N2O. The minimum Gasteiger partial charge on any atom is -0.378 e. The molecule has 0 aliphatic heterocycles. The van der Waals surface area contributed by atoms with Gasteiger partial charge in [-0.3, -0.25) is 4.79 Å². The van der Waals surface area contributed by atoms with Crippen molar-refractivity contribution in [2.45, 2.75) is 32.2 Å². The van der Waals surface area contributed by atoms with Crippen LogP contribution >= 0.6 is 0 Å². The molecular weight excluding hydrogens is 248 g/mol. The minimum absolute atomic E-state index is 0.0146. The summed E-state index contributed by atoms with van der Waals surface area (Å²) in [5, 5.41) is 3.08. The van der Waals surface area contributed by atoms with Gasteiger partial charge in [-0.15, -0.1) is 0 Å². The Morgan fingerprint density at radius 1 is 1.25 bits per heavy atom. The Hall–Kier alpha value is -1.77. The van der Waals surface area contributed by atoms with Crippen LogP contribution in [-0.4, -0.2) is 26.0 Å². The Bertz CT molecular complexity index is 476. The fourth-order valence-electron chi connectivity index (χ4n) is 2.64. The third-order valence-corrected chi connectivity index (χ3v) is 3.88. The van der Waals surface area contributed by atoms with E-state index in [1.807, 2.05) is 32.3 Å². The van der Waals surface area contributed by atoms with Gasteiger partial charge in [-0.05, 0) is 49.0 Å². The first-order chi connectivity index (χ1) is 9.54. The maximum absolute atomic E-state index is 11.8. The molecule has 1 fully saturated rings. The van der Waals surface area contributed by atoms with E-state index in [0.717, 1.165) is 30.0 Å². The van der Waals surface area contributed by atoms with Crippen LogP contribution in [0, 0.1) is 5.92 Å². The van der Waals surface area contributed by atoms with Crippen molar-refractivity contribution in [2.24, 2.45) is 5.92 Å². The highest BCUT2D eigenvalue weighted by Crippen LogP contribution is 2.24. The Kier molecular flexibility index (Phi) is 4.83. The zero-order valence-electron chi connectivity index (χ0n) is 12.6. The highest BCUT2D eigenvalue weighted by molar-refractivity contribution is 5.91. The third-order valence-electron chi connectivity index (χ3n) is 3.88. The SMILES string of the molecule is CC1CCC(NC(=O)/C=C/c2ccc(N(C)C)cc2)C1. The van der Waals surface area contributed by atoms with Gasteiger partial charge in [0.15, 0.2) is 0 Å². The molecule has 3 nitrogen and oxygen atoms in total. The van der Waals surface area contributed by atoms with Crippen LogP contribution in [-0.2, 0) is 4.79 Å². The maximum Gasteiger partial charge on any atom is 0.244 e. The first kappa shape index (κ1) is 14.6. The molecule has 1 amide bonds. The summed E-state index contributed by atoms with van der Waals surface area (Å²) in [7, 11) is 4.03. The molecule has 1 aliphatic carbocycles. The molecule has 2 rings (SSSR count). The van der Waals surface area contributed by atoms with E-state index >= 15 is 0 Å². The van der Waals surface area contributed by atoms with Crippen molar-refractivity contribution >= 4 is 17.7 Å². The van der Waals surface area contributed by atoms with Crippen molar-refractivity contribution < 1.29 is 4.79 Å². The average Bonchev–Trinajstić information content (AvgIpc) is 2.82. The van der Waals surface area contributed by atoms with Gasteiger partial charge in [0.1, 0.15) is 0 Å². The van der Waals surface area contributed by atoms with Crippen LogP contribution in [0.4, 0.5) is 5.69 Å². The zero-order valence-corrected chi connectivity index (χ0v) is 12.6. The highest BCUT2D eigenvalue weighted by Gasteiger charge is 2.21. The summed E-state index contributed by atoms with van der Waals surface area (Å²) in [6.07, 6.45) is 6.94. The van der Waals surface area contributed by atoms with E-state index in [1.54, 1.807) is 6.08 Å². The van der Waals surface area contributed by atoms with E-state index in [4.69, 9.17) is 0 Å². The van der Waals surface area contributed by atoms with Gasteiger partial charge >= 0.3 is 0 Å². The monoisotopic (exact) mass is 272 g/mol. The molecule has 0 saturated heterocycles. The number of nitrogens with one attached hydrogen (secondary N) is 1. The van der Waals surface area contributed by atoms with E-state index in [0.29, 0.717) is 6.04 Å². The first-order valence-corrected chi connectivity index (χ1v) is 7.30.